The van der Waals surface area contributed by atoms with Crippen LogP contribution in [0, 0.1) is 5.92 Å². The molecule has 1 amide bonds. The Labute approximate surface area is 135 Å². The lowest BCUT2D eigenvalue weighted by molar-refractivity contribution is -0.130. The highest BCUT2D eigenvalue weighted by Crippen LogP contribution is 2.20. The molecule has 2 aliphatic heterocycles. The second-order valence-corrected chi connectivity index (χ2v) is 5.71. The van der Waals surface area contributed by atoms with E-state index >= 15 is 0 Å². The van der Waals surface area contributed by atoms with Crippen LogP contribution in [-0.4, -0.2) is 62.0 Å². The van der Waals surface area contributed by atoms with E-state index in [9.17, 15) is 4.79 Å². The number of hydrogen-bond donors (Lipinski definition) is 1. The topological polar surface area (TPSA) is 35.6 Å². The first kappa shape index (κ1) is 20.0. The van der Waals surface area contributed by atoms with Crippen LogP contribution in [0.25, 0.3) is 0 Å². The molecule has 20 heavy (non-hydrogen) atoms. The Hall–Kier alpha value is -0.0300. The van der Waals surface area contributed by atoms with E-state index in [0.29, 0.717) is 12.3 Å². The molecule has 2 aliphatic rings. The van der Waals surface area contributed by atoms with Gasteiger partial charge in [0, 0.05) is 26.1 Å². The van der Waals surface area contributed by atoms with Crippen molar-refractivity contribution >= 4 is 30.7 Å². The Morgan fingerprint density at radius 2 is 1.90 bits per heavy atom. The standard InChI is InChI=1S/C14H27N3O.2ClH/c1-15-7-4-5-14(18)17-10-6-13(12-17)11-16-8-2-3-9-16;;/h13,15H,2-12H2,1H3;2*1H. The smallest absolute Gasteiger partial charge is 0.222 e. The van der Waals surface area contributed by atoms with Gasteiger partial charge in [-0.05, 0) is 58.3 Å². The number of nitrogens with one attached hydrogen (secondary N) is 1. The van der Waals surface area contributed by atoms with Crippen molar-refractivity contribution in [2.75, 3.05) is 46.3 Å². The predicted molar refractivity (Wildman–Crippen MR) is 88.0 cm³/mol. The maximum Gasteiger partial charge on any atom is 0.222 e. The van der Waals surface area contributed by atoms with E-state index in [4.69, 9.17) is 0 Å². The molecule has 0 aromatic heterocycles. The van der Waals surface area contributed by atoms with Gasteiger partial charge in [0.25, 0.3) is 0 Å². The molecule has 2 rings (SSSR count). The van der Waals surface area contributed by atoms with Gasteiger partial charge >= 0.3 is 0 Å². The summed E-state index contributed by atoms with van der Waals surface area (Å²) in [6, 6.07) is 0. The summed E-state index contributed by atoms with van der Waals surface area (Å²) in [5, 5.41) is 3.09. The third-order valence-electron chi connectivity index (χ3n) is 4.17. The van der Waals surface area contributed by atoms with Crippen LogP contribution in [0.15, 0.2) is 0 Å². The lowest BCUT2D eigenvalue weighted by atomic mass is 10.1. The van der Waals surface area contributed by atoms with Crippen LogP contribution in [-0.2, 0) is 4.79 Å². The van der Waals surface area contributed by atoms with Crippen LogP contribution in [0.1, 0.15) is 32.1 Å². The molecule has 0 bridgehead atoms. The Morgan fingerprint density at radius 3 is 2.55 bits per heavy atom. The average molecular weight is 326 g/mol. The van der Waals surface area contributed by atoms with Crippen molar-refractivity contribution in [3.63, 3.8) is 0 Å². The van der Waals surface area contributed by atoms with Gasteiger partial charge in [-0.15, -0.1) is 24.8 Å². The molecule has 0 spiro atoms. The minimum Gasteiger partial charge on any atom is -0.342 e. The number of halogens is 2. The monoisotopic (exact) mass is 325 g/mol. The molecule has 1 atom stereocenters. The second kappa shape index (κ2) is 10.7. The third-order valence-corrected chi connectivity index (χ3v) is 4.17. The Morgan fingerprint density at radius 1 is 1.20 bits per heavy atom. The first-order chi connectivity index (χ1) is 8.79. The summed E-state index contributed by atoms with van der Waals surface area (Å²) in [5.41, 5.74) is 0. The van der Waals surface area contributed by atoms with Crippen molar-refractivity contribution < 1.29 is 4.79 Å². The number of likely N-dealkylation sites (tertiary alicyclic amines) is 2. The number of nitrogens with zero attached hydrogens (tertiary/aromatic N) is 2. The molecule has 0 aromatic carbocycles. The lowest BCUT2D eigenvalue weighted by Gasteiger charge is -2.20. The van der Waals surface area contributed by atoms with Crippen LogP contribution < -0.4 is 5.32 Å². The van der Waals surface area contributed by atoms with Crippen molar-refractivity contribution in [2.24, 2.45) is 5.92 Å². The van der Waals surface area contributed by atoms with Gasteiger partial charge in [0.15, 0.2) is 0 Å². The van der Waals surface area contributed by atoms with E-state index in [1.165, 1.54) is 38.9 Å². The largest absolute Gasteiger partial charge is 0.342 e. The van der Waals surface area contributed by atoms with Gasteiger partial charge in [-0.3, -0.25) is 4.79 Å². The molecule has 2 fully saturated rings. The first-order valence-corrected chi connectivity index (χ1v) is 7.44. The number of rotatable bonds is 6. The highest BCUT2D eigenvalue weighted by molar-refractivity contribution is 5.85. The SMILES string of the molecule is CNCCCC(=O)N1CCC(CN2CCCC2)C1.Cl.Cl. The molecule has 2 heterocycles. The summed E-state index contributed by atoms with van der Waals surface area (Å²) in [7, 11) is 1.94. The molecular weight excluding hydrogens is 297 g/mol. The summed E-state index contributed by atoms with van der Waals surface area (Å²) in [6.07, 6.45) is 5.59. The fraction of sp³-hybridized carbons (Fsp3) is 0.929. The average Bonchev–Trinajstić information content (AvgIpc) is 3.01. The predicted octanol–water partition coefficient (Wildman–Crippen LogP) is 1.77. The van der Waals surface area contributed by atoms with E-state index in [1.807, 2.05) is 7.05 Å². The Bertz CT molecular complexity index is 273. The molecule has 0 aliphatic carbocycles. The van der Waals surface area contributed by atoms with Crippen molar-refractivity contribution in [3.8, 4) is 0 Å². The molecule has 120 valence electrons. The third kappa shape index (κ3) is 6.17. The highest BCUT2D eigenvalue weighted by Gasteiger charge is 2.27. The van der Waals surface area contributed by atoms with Gasteiger partial charge in [-0.2, -0.15) is 0 Å². The van der Waals surface area contributed by atoms with Gasteiger partial charge < -0.3 is 15.1 Å². The van der Waals surface area contributed by atoms with Crippen molar-refractivity contribution in [1.82, 2.24) is 15.1 Å². The zero-order valence-electron chi connectivity index (χ0n) is 12.5. The molecule has 6 heteroatoms. The Kier molecular flexibility index (Phi) is 10.6. The second-order valence-electron chi connectivity index (χ2n) is 5.71. The number of carbonyl (C=O) groups excluding carboxylic acids is 1. The minimum absolute atomic E-state index is 0. The molecular formula is C14H29Cl2N3O. The summed E-state index contributed by atoms with van der Waals surface area (Å²) < 4.78 is 0. The zero-order valence-corrected chi connectivity index (χ0v) is 14.1. The zero-order chi connectivity index (χ0) is 12.8. The quantitative estimate of drug-likeness (QED) is 0.756. The summed E-state index contributed by atoms with van der Waals surface area (Å²) in [6.45, 7) is 6.67. The number of carbonyl (C=O) groups is 1. The van der Waals surface area contributed by atoms with Gasteiger partial charge in [-0.25, -0.2) is 0 Å². The lowest BCUT2D eigenvalue weighted by Crippen LogP contribution is -2.32. The summed E-state index contributed by atoms with van der Waals surface area (Å²) >= 11 is 0. The van der Waals surface area contributed by atoms with Gasteiger partial charge in [-0.1, -0.05) is 0 Å². The molecule has 2 saturated heterocycles. The van der Waals surface area contributed by atoms with E-state index in [1.54, 1.807) is 0 Å². The molecule has 4 nitrogen and oxygen atoms in total. The fourth-order valence-electron chi connectivity index (χ4n) is 3.11. The minimum atomic E-state index is 0. The van der Waals surface area contributed by atoms with Gasteiger partial charge in [0.2, 0.25) is 5.91 Å². The molecule has 1 N–H and O–H groups in total. The van der Waals surface area contributed by atoms with E-state index < -0.39 is 0 Å². The van der Waals surface area contributed by atoms with Crippen LogP contribution in [0.4, 0.5) is 0 Å². The van der Waals surface area contributed by atoms with Crippen LogP contribution >= 0.6 is 24.8 Å². The van der Waals surface area contributed by atoms with Gasteiger partial charge in [0.05, 0.1) is 0 Å². The molecule has 0 aromatic rings. The number of amides is 1. The van der Waals surface area contributed by atoms with Crippen LogP contribution in [0.2, 0.25) is 0 Å². The maximum absolute atomic E-state index is 12.0. The highest BCUT2D eigenvalue weighted by atomic mass is 35.5. The molecule has 0 radical (unpaired) electrons. The van der Waals surface area contributed by atoms with Crippen molar-refractivity contribution in [2.45, 2.75) is 32.1 Å². The van der Waals surface area contributed by atoms with E-state index in [2.05, 4.69) is 15.1 Å². The van der Waals surface area contributed by atoms with Crippen molar-refractivity contribution in [1.29, 1.82) is 0 Å². The van der Waals surface area contributed by atoms with Gasteiger partial charge in [0.1, 0.15) is 0 Å². The summed E-state index contributed by atoms with van der Waals surface area (Å²) in [4.78, 5) is 16.6. The maximum atomic E-state index is 12.0. The van der Waals surface area contributed by atoms with E-state index in [-0.39, 0.29) is 24.8 Å². The first-order valence-electron chi connectivity index (χ1n) is 7.44. The van der Waals surface area contributed by atoms with Crippen LogP contribution in [0.5, 0.6) is 0 Å². The van der Waals surface area contributed by atoms with Crippen molar-refractivity contribution in [3.05, 3.63) is 0 Å². The Balaban J connectivity index is 0.00000180. The normalized spacial score (nSPS) is 22.4. The molecule has 0 saturated carbocycles. The van der Waals surface area contributed by atoms with Crippen LogP contribution in [0.3, 0.4) is 0 Å². The number of hydrogen-bond acceptors (Lipinski definition) is 3. The molecule has 1 unspecified atom stereocenters. The summed E-state index contributed by atoms with van der Waals surface area (Å²) in [5.74, 6) is 1.07. The van der Waals surface area contributed by atoms with E-state index in [0.717, 1.165) is 32.0 Å². The fourth-order valence-corrected chi connectivity index (χ4v) is 3.11.